The van der Waals surface area contributed by atoms with Crippen LogP contribution in [0.15, 0.2) is 12.1 Å². The molecule has 0 atom stereocenters. The van der Waals surface area contributed by atoms with Gasteiger partial charge >= 0.3 is 0 Å². The molecule has 2 nitrogen and oxygen atoms in total. The molecule has 0 saturated heterocycles. The molecule has 0 unspecified atom stereocenters. The van der Waals surface area contributed by atoms with Crippen molar-refractivity contribution in [2.24, 2.45) is 0 Å². The second-order valence-corrected chi connectivity index (χ2v) is 3.35. The van der Waals surface area contributed by atoms with E-state index in [2.05, 4.69) is 4.98 Å². The Morgan fingerprint density at radius 2 is 1.92 bits per heavy atom. The Morgan fingerprint density at radius 1 is 1.25 bits per heavy atom. The quantitative estimate of drug-likeness (QED) is 0.684. The average molecular weight is 186 g/mol. The normalized spacial score (nSPS) is 10.8. The molecular weight excluding hydrogens is 182 g/mol. The van der Waals surface area contributed by atoms with Crippen molar-refractivity contribution in [1.82, 2.24) is 4.98 Å². The van der Waals surface area contributed by atoms with Gasteiger partial charge in [-0.05, 0) is 6.07 Å². The van der Waals surface area contributed by atoms with Crippen LogP contribution >= 0.6 is 11.3 Å². The molecule has 5 heteroatoms. The highest BCUT2D eigenvalue weighted by Crippen LogP contribution is 2.25. The number of nitrogens with two attached hydrogens (primary N) is 1. The Kier molecular flexibility index (Phi) is 1.47. The lowest BCUT2D eigenvalue weighted by Gasteiger charge is -1.89. The minimum absolute atomic E-state index is 0.315. The van der Waals surface area contributed by atoms with Crippen LogP contribution in [0.1, 0.15) is 0 Å². The molecule has 0 aliphatic heterocycles. The molecule has 1 aromatic heterocycles. The Hall–Kier alpha value is -1.23. The SMILES string of the molecule is Nc1nc2cc(F)c(F)cc2s1. The maximum Gasteiger partial charge on any atom is 0.181 e. The molecule has 0 aliphatic carbocycles. The van der Waals surface area contributed by atoms with E-state index in [0.717, 1.165) is 23.5 Å². The van der Waals surface area contributed by atoms with Gasteiger partial charge in [-0.3, -0.25) is 0 Å². The van der Waals surface area contributed by atoms with Crippen molar-refractivity contribution < 1.29 is 8.78 Å². The van der Waals surface area contributed by atoms with Crippen molar-refractivity contribution in [2.75, 3.05) is 5.73 Å². The van der Waals surface area contributed by atoms with E-state index in [1.807, 2.05) is 0 Å². The molecule has 0 radical (unpaired) electrons. The predicted octanol–water partition coefficient (Wildman–Crippen LogP) is 2.16. The zero-order valence-corrected chi connectivity index (χ0v) is 6.66. The molecule has 1 aromatic carbocycles. The summed E-state index contributed by atoms with van der Waals surface area (Å²) in [7, 11) is 0. The fourth-order valence-electron chi connectivity index (χ4n) is 0.941. The van der Waals surface area contributed by atoms with E-state index in [4.69, 9.17) is 5.73 Å². The fourth-order valence-corrected chi connectivity index (χ4v) is 1.68. The topological polar surface area (TPSA) is 38.9 Å². The molecule has 0 aliphatic rings. The van der Waals surface area contributed by atoms with Crippen molar-refractivity contribution in [3.63, 3.8) is 0 Å². The van der Waals surface area contributed by atoms with Gasteiger partial charge < -0.3 is 5.73 Å². The van der Waals surface area contributed by atoms with Crippen molar-refractivity contribution in [3.8, 4) is 0 Å². The molecule has 1 heterocycles. The van der Waals surface area contributed by atoms with Crippen LogP contribution in [0.3, 0.4) is 0 Å². The van der Waals surface area contributed by atoms with Crippen LogP contribution in [0.5, 0.6) is 0 Å². The maximum absolute atomic E-state index is 12.6. The van der Waals surface area contributed by atoms with Crippen LogP contribution in [0, 0.1) is 11.6 Å². The first kappa shape index (κ1) is 7.42. The number of halogens is 2. The van der Waals surface area contributed by atoms with Crippen LogP contribution in [-0.2, 0) is 0 Å². The van der Waals surface area contributed by atoms with E-state index in [0.29, 0.717) is 15.3 Å². The molecule has 2 N–H and O–H groups in total. The number of nitrogen functional groups attached to an aromatic ring is 1. The summed E-state index contributed by atoms with van der Waals surface area (Å²) in [4.78, 5) is 3.80. The molecule has 0 spiro atoms. The van der Waals surface area contributed by atoms with Crippen molar-refractivity contribution in [1.29, 1.82) is 0 Å². The van der Waals surface area contributed by atoms with E-state index < -0.39 is 11.6 Å². The van der Waals surface area contributed by atoms with E-state index in [1.54, 1.807) is 0 Å². The maximum atomic E-state index is 12.6. The van der Waals surface area contributed by atoms with Gasteiger partial charge in [-0.2, -0.15) is 0 Å². The van der Waals surface area contributed by atoms with Gasteiger partial charge in [0.05, 0.1) is 10.2 Å². The average Bonchev–Trinajstić information content (AvgIpc) is 2.30. The molecule has 2 rings (SSSR count). The molecule has 12 heavy (non-hydrogen) atoms. The molecule has 0 amide bonds. The summed E-state index contributed by atoms with van der Waals surface area (Å²) >= 11 is 1.13. The Balaban J connectivity index is 2.83. The molecule has 0 saturated carbocycles. The lowest BCUT2D eigenvalue weighted by atomic mass is 10.3. The Labute approximate surface area is 70.6 Å². The predicted molar refractivity (Wildman–Crippen MR) is 43.9 cm³/mol. The van der Waals surface area contributed by atoms with E-state index >= 15 is 0 Å². The smallest absolute Gasteiger partial charge is 0.181 e. The third-order valence-corrected chi connectivity index (χ3v) is 2.29. The van der Waals surface area contributed by atoms with Gasteiger partial charge in [-0.15, -0.1) is 0 Å². The summed E-state index contributed by atoms with van der Waals surface area (Å²) in [6.07, 6.45) is 0. The zero-order chi connectivity index (χ0) is 8.72. The third kappa shape index (κ3) is 1.02. The van der Waals surface area contributed by atoms with Gasteiger partial charge in [0, 0.05) is 6.07 Å². The molecule has 62 valence electrons. The van der Waals surface area contributed by atoms with Crippen LogP contribution in [0.2, 0.25) is 0 Å². The number of benzene rings is 1. The number of aromatic nitrogens is 1. The Morgan fingerprint density at radius 3 is 2.67 bits per heavy atom. The molecule has 0 fully saturated rings. The zero-order valence-electron chi connectivity index (χ0n) is 5.84. The number of hydrogen-bond donors (Lipinski definition) is 1. The van der Waals surface area contributed by atoms with E-state index in [1.165, 1.54) is 0 Å². The van der Waals surface area contributed by atoms with Crippen molar-refractivity contribution in [3.05, 3.63) is 23.8 Å². The van der Waals surface area contributed by atoms with Crippen LogP contribution in [-0.4, -0.2) is 4.98 Å². The first-order valence-corrected chi connectivity index (χ1v) is 3.99. The molecular formula is C7H4F2N2S. The first-order valence-electron chi connectivity index (χ1n) is 3.18. The minimum atomic E-state index is -0.896. The lowest BCUT2D eigenvalue weighted by Crippen LogP contribution is -1.82. The van der Waals surface area contributed by atoms with Gasteiger partial charge in [-0.1, -0.05) is 11.3 Å². The van der Waals surface area contributed by atoms with Crippen LogP contribution < -0.4 is 5.73 Å². The van der Waals surface area contributed by atoms with Gasteiger partial charge in [0.2, 0.25) is 0 Å². The fraction of sp³-hybridized carbons (Fsp3) is 0. The summed E-state index contributed by atoms with van der Waals surface area (Å²) in [5.74, 6) is -1.76. The number of anilines is 1. The number of rotatable bonds is 0. The van der Waals surface area contributed by atoms with Gasteiger partial charge in [0.15, 0.2) is 16.8 Å². The first-order chi connectivity index (χ1) is 5.66. The third-order valence-electron chi connectivity index (χ3n) is 1.45. The largest absolute Gasteiger partial charge is 0.375 e. The van der Waals surface area contributed by atoms with Crippen molar-refractivity contribution >= 4 is 26.7 Å². The second-order valence-electron chi connectivity index (χ2n) is 2.29. The van der Waals surface area contributed by atoms with Crippen LogP contribution in [0.25, 0.3) is 10.2 Å². The molecule has 0 bridgehead atoms. The highest BCUT2D eigenvalue weighted by molar-refractivity contribution is 7.22. The summed E-state index contributed by atoms with van der Waals surface area (Å²) in [5, 5.41) is 0.315. The highest BCUT2D eigenvalue weighted by atomic mass is 32.1. The van der Waals surface area contributed by atoms with Gasteiger partial charge in [-0.25, -0.2) is 13.8 Å². The molecule has 2 aromatic rings. The summed E-state index contributed by atoms with van der Waals surface area (Å²) in [6, 6.07) is 2.14. The summed E-state index contributed by atoms with van der Waals surface area (Å²) in [5.41, 5.74) is 5.75. The van der Waals surface area contributed by atoms with Crippen LogP contribution in [0.4, 0.5) is 13.9 Å². The number of hydrogen-bond acceptors (Lipinski definition) is 3. The van der Waals surface area contributed by atoms with Gasteiger partial charge in [0.1, 0.15) is 0 Å². The lowest BCUT2D eigenvalue weighted by molar-refractivity contribution is 0.511. The monoisotopic (exact) mass is 186 g/mol. The van der Waals surface area contributed by atoms with Gasteiger partial charge in [0.25, 0.3) is 0 Å². The summed E-state index contributed by atoms with van der Waals surface area (Å²) < 4.78 is 25.8. The minimum Gasteiger partial charge on any atom is -0.375 e. The Bertz CT molecular complexity index is 399. The number of fused-ring (bicyclic) bond motifs is 1. The van der Waals surface area contributed by atoms with E-state index in [-0.39, 0.29) is 0 Å². The standard InChI is InChI=1S/C7H4F2N2S/c8-3-1-5-6(2-4(3)9)12-7(10)11-5/h1-2H,(H2,10,11). The van der Waals surface area contributed by atoms with Crippen molar-refractivity contribution in [2.45, 2.75) is 0 Å². The second kappa shape index (κ2) is 2.38. The highest BCUT2D eigenvalue weighted by Gasteiger charge is 2.07. The number of thiazole rings is 1. The summed E-state index contributed by atoms with van der Waals surface area (Å²) in [6.45, 7) is 0. The number of nitrogens with zero attached hydrogens (tertiary/aromatic N) is 1. The van der Waals surface area contributed by atoms with E-state index in [9.17, 15) is 8.78 Å².